The predicted octanol–water partition coefficient (Wildman–Crippen LogP) is 4.23. The molecule has 1 saturated heterocycles. The first-order valence-corrected chi connectivity index (χ1v) is 6.83. The Labute approximate surface area is 131 Å². The van der Waals surface area contributed by atoms with Crippen LogP contribution in [0.5, 0.6) is 0 Å². The molecular formula is C17H21BrN2. The molecule has 0 N–H and O–H groups in total. The van der Waals surface area contributed by atoms with Crippen molar-refractivity contribution in [2.75, 3.05) is 14.1 Å². The molecule has 2 aromatic carbocycles. The van der Waals surface area contributed by atoms with Gasteiger partial charge in [-0.15, -0.1) is 17.0 Å². The smallest absolute Gasteiger partial charge is 0.0511 e. The number of hydrogen-bond donors (Lipinski definition) is 0. The third-order valence-corrected chi connectivity index (χ3v) is 4.21. The fourth-order valence-corrected chi connectivity index (χ4v) is 3.01. The fourth-order valence-electron chi connectivity index (χ4n) is 3.01. The molecule has 0 aromatic heterocycles. The third kappa shape index (κ3) is 2.80. The van der Waals surface area contributed by atoms with Gasteiger partial charge in [-0.2, -0.15) is 0 Å². The lowest BCUT2D eigenvalue weighted by Crippen LogP contribution is -2.32. The molecular weight excluding hydrogens is 312 g/mol. The summed E-state index contributed by atoms with van der Waals surface area (Å²) in [6.07, 6.45) is 1.14. The van der Waals surface area contributed by atoms with Crippen LogP contribution in [0.15, 0.2) is 60.7 Å². The van der Waals surface area contributed by atoms with Crippen LogP contribution in [-0.2, 0) is 0 Å². The van der Waals surface area contributed by atoms with Gasteiger partial charge in [0.25, 0.3) is 0 Å². The molecule has 1 aliphatic heterocycles. The highest BCUT2D eigenvalue weighted by atomic mass is 79.9. The zero-order chi connectivity index (χ0) is 13.2. The first-order chi connectivity index (χ1) is 9.27. The van der Waals surface area contributed by atoms with E-state index >= 15 is 0 Å². The minimum Gasteiger partial charge on any atom is -0.237 e. The van der Waals surface area contributed by atoms with E-state index in [0.717, 1.165) is 6.42 Å². The summed E-state index contributed by atoms with van der Waals surface area (Å²) in [5.74, 6) is 0. The Kier molecular flexibility index (Phi) is 4.97. The summed E-state index contributed by atoms with van der Waals surface area (Å²) in [5.41, 5.74) is 2.80. The van der Waals surface area contributed by atoms with Gasteiger partial charge in [0.15, 0.2) is 0 Å². The second-order valence-electron chi connectivity index (χ2n) is 5.24. The molecule has 2 nitrogen and oxygen atoms in total. The Morgan fingerprint density at radius 2 is 1.05 bits per heavy atom. The van der Waals surface area contributed by atoms with Gasteiger partial charge in [0.05, 0.1) is 12.1 Å². The molecule has 3 heteroatoms. The van der Waals surface area contributed by atoms with Crippen LogP contribution in [-0.4, -0.2) is 24.1 Å². The number of benzene rings is 2. The average Bonchev–Trinajstić information content (AvgIpc) is 2.77. The molecule has 1 fully saturated rings. The Bertz CT molecular complexity index is 480. The van der Waals surface area contributed by atoms with Crippen molar-refractivity contribution in [1.29, 1.82) is 0 Å². The lowest BCUT2D eigenvalue weighted by Gasteiger charge is -2.28. The number of rotatable bonds is 2. The minimum atomic E-state index is 0. The Morgan fingerprint density at radius 1 is 0.700 bits per heavy atom. The fraction of sp³-hybridized carbons (Fsp3) is 0.294. The third-order valence-electron chi connectivity index (χ3n) is 4.21. The van der Waals surface area contributed by atoms with Crippen molar-refractivity contribution in [3.05, 3.63) is 71.8 Å². The van der Waals surface area contributed by atoms with Crippen molar-refractivity contribution < 1.29 is 0 Å². The van der Waals surface area contributed by atoms with E-state index in [1.54, 1.807) is 0 Å². The normalized spacial score (nSPS) is 23.5. The van der Waals surface area contributed by atoms with Crippen molar-refractivity contribution >= 4 is 17.0 Å². The summed E-state index contributed by atoms with van der Waals surface area (Å²) >= 11 is 0. The van der Waals surface area contributed by atoms with E-state index in [2.05, 4.69) is 84.8 Å². The molecule has 3 rings (SSSR count). The number of hydrazine groups is 1. The SMILES string of the molecule is Br.CN1C(c2ccccc2)CC(c2ccccc2)N1C. The first kappa shape index (κ1) is 15.2. The highest BCUT2D eigenvalue weighted by Gasteiger charge is 2.35. The monoisotopic (exact) mass is 332 g/mol. The van der Waals surface area contributed by atoms with Gasteiger partial charge in [-0.1, -0.05) is 60.7 Å². The van der Waals surface area contributed by atoms with Gasteiger partial charge < -0.3 is 0 Å². The maximum atomic E-state index is 2.35. The van der Waals surface area contributed by atoms with E-state index in [-0.39, 0.29) is 17.0 Å². The molecule has 0 amide bonds. The van der Waals surface area contributed by atoms with Crippen LogP contribution in [0.2, 0.25) is 0 Å². The summed E-state index contributed by atoms with van der Waals surface area (Å²) in [7, 11) is 4.36. The van der Waals surface area contributed by atoms with Gasteiger partial charge in [0.2, 0.25) is 0 Å². The Balaban J connectivity index is 0.00000147. The summed E-state index contributed by atoms with van der Waals surface area (Å²) < 4.78 is 0. The molecule has 1 heterocycles. The lowest BCUT2D eigenvalue weighted by atomic mass is 9.97. The maximum Gasteiger partial charge on any atom is 0.0511 e. The van der Waals surface area contributed by atoms with Crippen LogP contribution in [0.4, 0.5) is 0 Å². The van der Waals surface area contributed by atoms with Crippen LogP contribution in [0, 0.1) is 0 Å². The topological polar surface area (TPSA) is 6.48 Å². The molecule has 1 aliphatic rings. The van der Waals surface area contributed by atoms with Crippen molar-refractivity contribution in [1.82, 2.24) is 10.0 Å². The van der Waals surface area contributed by atoms with Crippen molar-refractivity contribution in [2.45, 2.75) is 18.5 Å². The first-order valence-electron chi connectivity index (χ1n) is 6.83. The second kappa shape index (κ2) is 6.53. The molecule has 2 unspecified atom stereocenters. The molecule has 0 aliphatic carbocycles. The summed E-state index contributed by atoms with van der Waals surface area (Å²) in [4.78, 5) is 0. The Hall–Kier alpha value is -1.16. The van der Waals surface area contributed by atoms with E-state index in [1.807, 2.05) is 0 Å². The van der Waals surface area contributed by atoms with Crippen LogP contribution in [0.1, 0.15) is 29.6 Å². The number of nitrogens with zero attached hydrogens (tertiary/aromatic N) is 2. The maximum absolute atomic E-state index is 2.35. The van der Waals surface area contributed by atoms with Gasteiger partial charge >= 0.3 is 0 Å². The van der Waals surface area contributed by atoms with Crippen LogP contribution in [0.25, 0.3) is 0 Å². The summed E-state index contributed by atoms with van der Waals surface area (Å²) in [6.45, 7) is 0. The molecule has 20 heavy (non-hydrogen) atoms. The quantitative estimate of drug-likeness (QED) is 0.811. The molecule has 2 aromatic rings. The number of halogens is 1. The van der Waals surface area contributed by atoms with E-state index in [0.29, 0.717) is 12.1 Å². The molecule has 0 bridgehead atoms. The van der Waals surface area contributed by atoms with Crippen LogP contribution >= 0.6 is 17.0 Å². The summed E-state index contributed by atoms with van der Waals surface area (Å²) in [6, 6.07) is 22.5. The van der Waals surface area contributed by atoms with Crippen molar-refractivity contribution in [2.24, 2.45) is 0 Å². The van der Waals surface area contributed by atoms with Crippen LogP contribution < -0.4 is 0 Å². The molecule has 106 valence electrons. The van der Waals surface area contributed by atoms with Gasteiger partial charge in [0, 0.05) is 14.1 Å². The van der Waals surface area contributed by atoms with E-state index in [4.69, 9.17) is 0 Å². The molecule has 0 saturated carbocycles. The zero-order valence-corrected chi connectivity index (χ0v) is 13.7. The van der Waals surface area contributed by atoms with E-state index in [1.165, 1.54) is 11.1 Å². The molecule has 0 radical (unpaired) electrons. The standard InChI is InChI=1S/C17H20N2.BrH/c1-18-16(14-9-5-3-6-10-14)13-17(19(18)2)15-11-7-4-8-12-15;/h3-12,16-17H,13H2,1-2H3;1H. The zero-order valence-electron chi connectivity index (χ0n) is 11.9. The second-order valence-corrected chi connectivity index (χ2v) is 5.24. The molecule has 0 spiro atoms. The van der Waals surface area contributed by atoms with Gasteiger partial charge in [0.1, 0.15) is 0 Å². The number of hydrogen-bond acceptors (Lipinski definition) is 2. The predicted molar refractivity (Wildman–Crippen MR) is 88.8 cm³/mol. The van der Waals surface area contributed by atoms with E-state index in [9.17, 15) is 0 Å². The molecule has 2 atom stereocenters. The average molecular weight is 333 g/mol. The highest BCUT2D eigenvalue weighted by Crippen LogP contribution is 2.41. The summed E-state index contributed by atoms with van der Waals surface area (Å²) in [5, 5.41) is 4.71. The largest absolute Gasteiger partial charge is 0.237 e. The van der Waals surface area contributed by atoms with Crippen molar-refractivity contribution in [3.63, 3.8) is 0 Å². The van der Waals surface area contributed by atoms with Crippen LogP contribution in [0.3, 0.4) is 0 Å². The minimum absolute atomic E-state index is 0. The Morgan fingerprint density at radius 3 is 1.40 bits per heavy atom. The lowest BCUT2D eigenvalue weighted by molar-refractivity contribution is 0.0252. The van der Waals surface area contributed by atoms with Gasteiger partial charge in [-0.25, -0.2) is 10.0 Å². The highest BCUT2D eigenvalue weighted by molar-refractivity contribution is 8.93. The van der Waals surface area contributed by atoms with Gasteiger partial charge in [-0.05, 0) is 17.5 Å². The van der Waals surface area contributed by atoms with Crippen molar-refractivity contribution in [3.8, 4) is 0 Å². The van der Waals surface area contributed by atoms with E-state index < -0.39 is 0 Å². The van der Waals surface area contributed by atoms with Gasteiger partial charge in [-0.3, -0.25) is 0 Å².